The Kier molecular flexibility index (Phi) is 6.99. The Morgan fingerprint density at radius 2 is 2.10 bits per heavy atom. The van der Waals surface area contributed by atoms with Crippen LogP contribution in [0, 0.1) is 18.2 Å². The van der Waals surface area contributed by atoms with Crippen LogP contribution in [0.15, 0.2) is 17.1 Å². The number of esters is 1. The zero-order valence-electron chi connectivity index (χ0n) is 15.5. The molecule has 1 aliphatic heterocycles. The summed E-state index contributed by atoms with van der Waals surface area (Å²) in [5.41, 5.74) is -2.27. The first kappa shape index (κ1) is 22.7. The molecule has 2 rings (SSSR count). The third-order valence-electron chi connectivity index (χ3n) is 3.66. The Morgan fingerprint density at radius 3 is 2.70 bits per heavy atom. The molecule has 30 heavy (non-hydrogen) atoms. The Morgan fingerprint density at radius 1 is 1.40 bits per heavy atom. The van der Waals surface area contributed by atoms with Crippen LogP contribution in [0.2, 0.25) is 0 Å². The zero-order chi connectivity index (χ0) is 22.5. The highest BCUT2D eigenvalue weighted by Crippen LogP contribution is 2.36. The van der Waals surface area contributed by atoms with Crippen LogP contribution in [-0.4, -0.2) is 49.6 Å². The van der Waals surface area contributed by atoms with Gasteiger partial charge in [-0.15, -0.1) is 6.42 Å². The van der Waals surface area contributed by atoms with Gasteiger partial charge in [0, 0.05) is 6.07 Å². The molecule has 1 aromatic carbocycles. The standard InChI is InChI=1S/C18H15F4N3O5/c1-3-5-25-12-7-11(10(19)6-13(12)30-9-15(25)26)23-17(28)24-14(18(20,21)22)8-16(27)29-4-2/h1,6-7H,4-5,8-9H2,2H3,(H,23,28). The van der Waals surface area contributed by atoms with Crippen molar-refractivity contribution in [2.45, 2.75) is 19.5 Å². The van der Waals surface area contributed by atoms with Crippen LogP contribution in [0.25, 0.3) is 0 Å². The minimum Gasteiger partial charge on any atom is -0.481 e. The van der Waals surface area contributed by atoms with E-state index in [9.17, 15) is 31.9 Å². The van der Waals surface area contributed by atoms with Gasteiger partial charge in [-0.25, -0.2) is 9.18 Å². The third-order valence-corrected chi connectivity index (χ3v) is 3.66. The van der Waals surface area contributed by atoms with Gasteiger partial charge in [0.05, 0.1) is 30.9 Å². The van der Waals surface area contributed by atoms with Crippen LogP contribution in [0.5, 0.6) is 5.75 Å². The molecule has 12 heteroatoms. The fourth-order valence-corrected chi connectivity index (χ4v) is 2.40. The number of aliphatic imine (C=N–C) groups is 1. The number of anilines is 2. The lowest BCUT2D eigenvalue weighted by molar-refractivity contribution is -0.142. The second-order valence-corrected chi connectivity index (χ2v) is 5.74. The van der Waals surface area contributed by atoms with Gasteiger partial charge in [0.1, 0.15) is 11.5 Å². The van der Waals surface area contributed by atoms with Gasteiger partial charge >= 0.3 is 18.2 Å². The van der Waals surface area contributed by atoms with Gasteiger partial charge in [0.25, 0.3) is 5.91 Å². The number of carbonyl (C=O) groups is 3. The molecular formula is C18H15F4N3O5. The third kappa shape index (κ3) is 5.47. The fraction of sp³-hybridized carbons (Fsp3) is 0.333. The van der Waals surface area contributed by atoms with Crippen LogP contribution >= 0.6 is 0 Å². The van der Waals surface area contributed by atoms with Gasteiger partial charge in [0.15, 0.2) is 12.4 Å². The molecule has 0 radical (unpaired) electrons. The Labute approximate surface area is 167 Å². The van der Waals surface area contributed by atoms with E-state index in [0.29, 0.717) is 0 Å². The van der Waals surface area contributed by atoms with Crippen molar-refractivity contribution in [3.8, 4) is 18.1 Å². The molecule has 1 N–H and O–H groups in total. The zero-order valence-corrected chi connectivity index (χ0v) is 15.5. The van der Waals surface area contributed by atoms with E-state index >= 15 is 0 Å². The molecule has 0 fully saturated rings. The highest BCUT2D eigenvalue weighted by Gasteiger charge is 2.38. The molecule has 8 nitrogen and oxygen atoms in total. The highest BCUT2D eigenvalue weighted by molar-refractivity contribution is 6.09. The van der Waals surface area contributed by atoms with Gasteiger partial charge in [-0.3, -0.25) is 14.5 Å². The molecule has 160 valence electrons. The van der Waals surface area contributed by atoms with Crippen LogP contribution in [0.3, 0.4) is 0 Å². The predicted molar refractivity (Wildman–Crippen MR) is 96.8 cm³/mol. The second-order valence-electron chi connectivity index (χ2n) is 5.74. The molecule has 0 unspecified atom stereocenters. The summed E-state index contributed by atoms with van der Waals surface area (Å²) >= 11 is 0. The summed E-state index contributed by atoms with van der Waals surface area (Å²) in [7, 11) is 0. The number of amides is 3. The van der Waals surface area contributed by atoms with Crippen molar-refractivity contribution in [1.29, 1.82) is 0 Å². The van der Waals surface area contributed by atoms with E-state index in [-0.39, 0.29) is 31.2 Å². The molecule has 0 spiro atoms. The normalized spacial score (nSPS) is 13.8. The summed E-state index contributed by atoms with van der Waals surface area (Å²) in [4.78, 5) is 39.1. The molecule has 0 bridgehead atoms. The summed E-state index contributed by atoms with van der Waals surface area (Å²) in [6.45, 7) is 0.675. The van der Waals surface area contributed by atoms with E-state index in [1.54, 1.807) is 0 Å². The molecule has 0 aromatic heterocycles. The molecule has 3 amide bonds. The molecule has 1 aliphatic rings. The number of nitrogens with one attached hydrogen (secondary N) is 1. The van der Waals surface area contributed by atoms with E-state index in [1.807, 2.05) is 5.32 Å². The van der Waals surface area contributed by atoms with Crippen molar-refractivity contribution in [2.24, 2.45) is 4.99 Å². The number of fused-ring (bicyclic) bond motifs is 1. The van der Waals surface area contributed by atoms with Crippen LogP contribution in [0.4, 0.5) is 33.7 Å². The van der Waals surface area contributed by atoms with Gasteiger partial charge < -0.3 is 14.8 Å². The smallest absolute Gasteiger partial charge is 0.430 e. The maximum atomic E-state index is 14.2. The van der Waals surface area contributed by atoms with E-state index in [4.69, 9.17) is 11.2 Å². The van der Waals surface area contributed by atoms with Crippen LogP contribution < -0.4 is 15.0 Å². The maximum absolute atomic E-state index is 14.2. The molecule has 0 saturated carbocycles. The summed E-state index contributed by atoms with van der Waals surface area (Å²) in [5.74, 6) is -0.623. The molecule has 1 aromatic rings. The second kappa shape index (κ2) is 9.25. The van der Waals surface area contributed by atoms with Crippen molar-refractivity contribution in [3.05, 3.63) is 17.9 Å². The average molecular weight is 429 g/mol. The lowest BCUT2D eigenvalue weighted by atomic mass is 10.2. The van der Waals surface area contributed by atoms with E-state index in [0.717, 1.165) is 17.0 Å². The Hall–Kier alpha value is -3.62. The van der Waals surface area contributed by atoms with E-state index in [2.05, 4.69) is 15.6 Å². The number of ether oxygens (including phenoxy) is 2. The number of hydrogen-bond acceptors (Lipinski definition) is 5. The number of urea groups is 1. The van der Waals surface area contributed by atoms with E-state index in [1.165, 1.54) is 6.92 Å². The first-order valence-electron chi connectivity index (χ1n) is 8.38. The first-order valence-corrected chi connectivity index (χ1v) is 8.38. The Bertz CT molecular complexity index is 937. The van der Waals surface area contributed by atoms with Crippen LogP contribution in [0.1, 0.15) is 13.3 Å². The topological polar surface area (TPSA) is 97.3 Å². The van der Waals surface area contributed by atoms with E-state index < -0.39 is 47.7 Å². The summed E-state index contributed by atoms with van der Waals surface area (Å²) in [6.07, 6.45) is -1.20. The van der Waals surface area contributed by atoms with Crippen molar-refractivity contribution in [1.82, 2.24) is 0 Å². The number of rotatable bonds is 5. The summed E-state index contributed by atoms with van der Waals surface area (Å²) in [6, 6.07) is 0.232. The lowest BCUT2D eigenvalue weighted by Crippen LogP contribution is -2.39. The molecular weight excluding hydrogens is 414 g/mol. The van der Waals surface area contributed by atoms with Gasteiger partial charge in [-0.2, -0.15) is 18.2 Å². The highest BCUT2D eigenvalue weighted by atomic mass is 19.4. The molecule has 0 saturated heterocycles. The number of nitrogens with zero attached hydrogens (tertiary/aromatic N) is 2. The Balaban J connectivity index is 2.31. The monoisotopic (exact) mass is 429 g/mol. The van der Waals surface area contributed by atoms with Gasteiger partial charge in [-0.05, 0) is 13.0 Å². The van der Waals surface area contributed by atoms with Crippen molar-refractivity contribution < 1.29 is 41.4 Å². The molecule has 1 heterocycles. The quantitative estimate of drug-likeness (QED) is 0.336. The van der Waals surface area contributed by atoms with Gasteiger partial charge in [0.2, 0.25) is 0 Å². The summed E-state index contributed by atoms with van der Waals surface area (Å²) < 4.78 is 62.8. The minimum atomic E-state index is -5.09. The van der Waals surface area contributed by atoms with Gasteiger partial charge in [-0.1, -0.05) is 5.92 Å². The number of benzene rings is 1. The largest absolute Gasteiger partial charge is 0.481 e. The SMILES string of the molecule is C#CCN1C(=O)COc2cc(F)c(NC(=O)N=C(CC(=O)OCC)C(F)(F)F)cc21. The maximum Gasteiger partial charge on any atom is 0.430 e. The minimum absolute atomic E-state index is 0.0208. The number of halogens is 4. The molecule has 0 atom stereocenters. The fourth-order valence-electron chi connectivity index (χ4n) is 2.40. The van der Waals surface area contributed by atoms with Crippen molar-refractivity contribution >= 4 is 35.0 Å². The van der Waals surface area contributed by atoms with Crippen molar-refractivity contribution in [3.63, 3.8) is 0 Å². The van der Waals surface area contributed by atoms with Crippen LogP contribution in [-0.2, 0) is 14.3 Å². The number of carbonyl (C=O) groups excluding carboxylic acids is 3. The predicted octanol–water partition coefficient (Wildman–Crippen LogP) is 2.67. The first-order chi connectivity index (χ1) is 14.1. The summed E-state index contributed by atoms with van der Waals surface area (Å²) in [5, 5.41) is 1.85. The number of alkyl halides is 3. The number of hydrogen-bond donors (Lipinski definition) is 1. The average Bonchev–Trinajstić information content (AvgIpc) is 2.64. The molecule has 0 aliphatic carbocycles. The number of terminal acetylenes is 1. The van der Waals surface area contributed by atoms with Crippen molar-refractivity contribution in [2.75, 3.05) is 30.0 Å². The lowest BCUT2D eigenvalue weighted by Gasteiger charge is -2.28.